The van der Waals surface area contributed by atoms with Gasteiger partial charge < -0.3 is 10.6 Å². The minimum atomic E-state index is -0.725. The molecule has 2 atom stereocenters. The second-order valence-electron chi connectivity index (χ2n) is 4.96. The molecule has 0 aromatic carbocycles. The van der Waals surface area contributed by atoms with Crippen LogP contribution in [0.2, 0.25) is 0 Å². The molecule has 15 heavy (non-hydrogen) atoms. The van der Waals surface area contributed by atoms with E-state index in [2.05, 4.69) is 29.8 Å². The molecule has 2 unspecified atom stereocenters. The first-order valence-corrected chi connectivity index (χ1v) is 5.57. The third kappa shape index (κ3) is 3.78. The summed E-state index contributed by atoms with van der Waals surface area (Å²) in [6.07, 6.45) is 1.16. The van der Waals surface area contributed by atoms with Crippen molar-refractivity contribution in [1.82, 2.24) is 9.80 Å². The van der Waals surface area contributed by atoms with Crippen molar-refractivity contribution in [2.75, 3.05) is 33.2 Å². The number of hydrogen-bond acceptors (Lipinski definition) is 4. The van der Waals surface area contributed by atoms with Crippen LogP contribution in [-0.2, 0) is 0 Å². The molecule has 0 radical (unpaired) electrons. The van der Waals surface area contributed by atoms with Crippen LogP contribution in [0.3, 0.4) is 0 Å². The fourth-order valence-electron chi connectivity index (χ4n) is 2.11. The topological polar surface area (TPSA) is 56.3 Å². The summed E-state index contributed by atoms with van der Waals surface area (Å²) in [5.41, 5.74) is 5.15. The van der Waals surface area contributed by atoms with E-state index in [1.54, 1.807) is 6.92 Å². The highest BCUT2D eigenvalue weighted by Gasteiger charge is 2.26. The summed E-state index contributed by atoms with van der Waals surface area (Å²) < 4.78 is 0. The molecule has 2 N–H and O–H groups in total. The Labute approximate surface area is 92.6 Å². The van der Waals surface area contributed by atoms with Gasteiger partial charge in [-0.25, -0.2) is 0 Å². The Morgan fingerprint density at radius 2 is 2.20 bits per heavy atom. The van der Waals surface area contributed by atoms with Crippen LogP contribution >= 0.6 is 0 Å². The number of rotatable bonds is 2. The van der Waals surface area contributed by atoms with E-state index in [0.717, 1.165) is 26.1 Å². The van der Waals surface area contributed by atoms with Crippen LogP contribution in [0.5, 0.6) is 0 Å². The number of likely N-dealkylation sites (N-methyl/N-ethyl adjacent to an activating group) is 1. The molecule has 1 heterocycles. The molecular weight excluding hydrogens is 188 g/mol. The van der Waals surface area contributed by atoms with Gasteiger partial charge in [-0.15, -0.1) is 0 Å². The van der Waals surface area contributed by atoms with Gasteiger partial charge in [0.1, 0.15) is 5.54 Å². The van der Waals surface area contributed by atoms with Crippen molar-refractivity contribution >= 4 is 0 Å². The first-order valence-electron chi connectivity index (χ1n) is 5.57. The van der Waals surface area contributed by atoms with Gasteiger partial charge in [0.15, 0.2) is 0 Å². The highest BCUT2D eigenvalue weighted by molar-refractivity contribution is 5.03. The Hall–Kier alpha value is -0.630. The summed E-state index contributed by atoms with van der Waals surface area (Å²) in [5.74, 6) is 0. The SMILES string of the molecule is CC1CN(C)CCCN1CC(C)(N)C#N. The Bertz CT molecular complexity index is 243. The molecule has 0 amide bonds. The predicted molar refractivity (Wildman–Crippen MR) is 61.4 cm³/mol. The van der Waals surface area contributed by atoms with Crippen LogP contribution in [-0.4, -0.2) is 54.6 Å². The molecule has 0 aromatic heterocycles. The van der Waals surface area contributed by atoms with Crippen LogP contribution in [0, 0.1) is 11.3 Å². The normalized spacial score (nSPS) is 29.1. The molecule has 1 fully saturated rings. The maximum Gasteiger partial charge on any atom is 0.114 e. The summed E-state index contributed by atoms with van der Waals surface area (Å²) in [5, 5.41) is 8.92. The van der Waals surface area contributed by atoms with Gasteiger partial charge in [0, 0.05) is 19.1 Å². The van der Waals surface area contributed by atoms with Crippen LogP contribution in [0.15, 0.2) is 0 Å². The fourth-order valence-corrected chi connectivity index (χ4v) is 2.11. The number of nitrogens with two attached hydrogens (primary N) is 1. The maximum absolute atomic E-state index is 8.92. The van der Waals surface area contributed by atoms with Crippen molar-refractivity contribution in [2.45, 2.75) is 31.8 Å². The van der Waals surface area contributed by atoms with E-state index in [1.165, 1.54) is 0 Å². The number of nitrogens with zero attached hydrogens (tertiary/aromatic N) is 3. The summed E-state index contributed by atoms with van der Waals surface area (Å²) >= 11 is 0. The lowest BCUT2D eigenvalue weighted by Gasteiger charge is -2.32. The zero-order chi connectivity index (χ0) is 11.5. The first kappa shape index (κ1) is 12.4. The summed E-state index contributed by atoms with van der Waals surface area (Å²) in [7, 11) is 2.14. The highest BCUT2D eigenvalue weighted by Crippen LogP contribution is 2.11. The monoisotopic (exact) mass is 210 g/mol. The Morgan fingerprint density at radius 1 is 1.53 bits per heavy atom. The van der Waals surface area contributed by atoms with E-state index in [-0.39, 0.29) is 0 Å². The van der Waals surface area contributed by atoms with Gasteiger partial charge in [0.05, 0.1) is 6.07 Å². The van der Waals surface area contributed by atoms with Crippen LogP contribution in [0.4, 0.5) is 0 Å². The van der Waals surface area contributed by atoms with Crippen molar-refractivity contribution in [3.63, 3.8) is 0 Å². The molecule has 4 heteroatoms. The van der Waals surface area contributed by atoms with E-state index < -0.39 is 5.54 Å². The van der Waals surface area contributed by atoms with Gasteiger partial charge in [-0.2, -0.15) is 5.26 Å². The standard InChI is InChI=1S/C11H22N4/c1-10-7-14(3)5-4-6-15(10)9-11(2,13)8-12/h10H,4-7,9,13H2,1-3H3. The van der Waals surface area contributed by atoms with Gasteiger partial charge in [-0.3, -0.25) is 4.90 Å². The number of hydrogen-bond donors (Lipinski definition) is 1. The molecule has 0 aliphatic carbocycles. The lowest BCUT2D eigenvalue weighted by atomic mass is 10.0. The molecular formula is C11H22N4. The van der Waals surface area contributed by atoms with Crippen LogP contribution < -0.4 is 5.73 Å². The molecule has 86 valence electrons. The average Bonchev–Trinajstić information content (AvgIpc) is 2.29. The second-order valence-corrected chi connectivity index (χ2v) is 4.96. The predicted octanol–water partition coefficient (Wildman–Crippen LogP) is 0.253. The van der Waals surface area contributed by atoms with E-state index >= 15 is 0 Å². The van der Waals surface area contributed by atoms with Gasteiger partial charge in [-0.05, 0) is 40.4 Å². The molecule has 0 spiro atoms. The molecule has 1 aliphatic heterocycles. The lowest BCUT2D eigenvalue weighted by Crippen LogP contribution is -2.50. The molecule has 0 bridgehead atoms. The summed E-state index contributed by atoms with van der Waals surface area (Å²) in [4.78, 5) is 4.66. The fraction of sp³-hybridized carbons (Fsp3) is 0.909. The molecule has 0 aromatic rings. The van der Waals surface area contributed by atoms with E-state index in [0.29, 0.717) is 12.6 Å². The third-order valence-corrected chi connectivity index (χ3v) is 2.97. The van der Waals surface area contributed by atoms with Gasteiger partial charge in [0.25, 0.3) is 0 Å². The minimum absolute atomic E-state index is 0.480. The van der Waals surface area contributed by atoms with E-state index in [1.807, 2.05) is 0 Å². The lowest BCUT2D eigenvalue weighted by molar-refractivity contribution is 0.180. The molecule has 4 nitrogen and oxygen atoms in total. The third-order valence-electron chi connectivity index (χ3n) is 2.97. The number of nitriles is 1. The Morgan fingerprint density at radius 3 is 2.80 bits per heavy atom. The van der Waals surface area contributed by atoms with Crippen molar-refractivity contribution in [2.24, 2.45) is 5.73 Å². The van der Waals surface area contributed by atoms with Gasteiger partial charge in [-0.1, -0.05) is 0 Å². The van der Waals surface area contributed by atoms with Crippen LogP contribution in [0.25, 0.3) is 0 Å². The Balaban J connectivity index is 2.57. The van der Waals surface area contributed by atoms with Crippen molar-refractivity contribution in [3.05, 3.63) is 0 Å². The highest BCUT2D eigenvalue weighted by atomic mass is 15.2. The second kappa shape index (κ2) is 4.93. The first-order chi connectivity index (χ1) is 6.94. The van der Waals surface area contributed by atoms with Crippen molar-refractivity contribution < 1.29 is 0 Å². The smallest absolute Gasteiger partial charge is 0.114 e. The zero-order valence-corrected chi connectivity index (χ0v) is 10.0. The minimum Gasteiger partial charge on any atom is -0.313 e. The zero-order valence-electron chi connectivity index (χ0n) is 10.0. The molecule has 1 saturated heterocycles. The van der Waals surface area contributed by atoms with Crippen molar-refractivity contribution in [1.29, 1.82) is 5.26 Å². The molecule has 1 rings (SSSR count). The quantitative estimate of drug-likeness (QED) is 0.710. The van der Waals surface area contributed by atoms with E-state index in [9.17, 15) is 0 Å². The Kier molecular flexibility index (Phi) is 4.09. The van der Waals surface area contributed by atoms with Crippen molar-refractivity contribution in [3.8, 4) is 6.07 Å². The van der Waals surface area contributed by atoms with Crippen LogP contribution in [0.1, 0.15) is 20.3 Å². The average molecular weight is 210 g/mol. The summed E-state index contributed by atoms with van der Waals surface area (Å²) in [6, 6.07) is 2.64. The maximum atomic E-state index is 8.92. The van der Waals surface area contributed by atoms with Gasteiger partial charge >= 0.3 is 0 Å². The largest absolute Gasteiger partial charge is 0.313 e. The molecule has 0 saturated carbocycles. The molecule has 1 aliphatic rings. The van der Waals surface area contributed by atoms with E-state index in [4.69, 9.17) is 11.0 Å². The van der Waals surface area contributed by atoms with Gasteiger partial charge in [0.2, 0.25) is 0 Å². The summed E-state index contributed by atoms with van der Waals surface area (Å²) in [6.45, 7) is 7.90.